The van der Waals surface area contributed by atoms with E-state index in [-0.39, 0.29) is 12.4 Å². The lowest BCUT2D eigenvalue weighted by molar-refractivity contribution is 0.297. The monoisotopic (exact) mass is 281 g/mol. The molecule has 1 saturated carbocycles. The zero-order valence-corrected chi connectivity index (χ0v) is 11.7. The number of halogens is 1. The van der Waals surface area contributed by atoms with E-state index in [4.69, 9.17) is 22.7 Å². The Bertz CT molecular complexity index is 458. The largest absolute Gasteiger partial charge is 0.395 e. The van der Waals surface area contributed by atoms with Crippen LogP contribution in [-0.2, 0) is 0 Å². The molecule has 4 nitrogen and oxygen atoms in total. The Morgan fingerprint density at radius 1 is 1.42 bits per heavy atom. The Morgan fingerprint density at radius 2 is 2.11 bits per heavy atom. The highest BCUT2D eigenvalue weighted by molar-refractivity contribution is 6.31. The predicted octanol–water partition coefficient (Wildman–Crippen LogP) is 2.37. The summed E-state index contributed by atoms with van der Waals surface area (Å²) in [6.45, 7) is 0.631. The van der Waals surface area contributed by atoms with Crippen LogP contribution in [0, 0.1) is 5.41 Å². The molecule has 0 heterocycles. The lowest BCUT2D eigenvalue weighted by Gasteiger charge is -2.32. The van der Waals surface area contributed by atoms with E-state index in [1.807, 2.05) is 6.07 Å². The van der Waals surface area contributed by atoms with Crippen LogP contribution in [0.15, 0.2) is 18.2 Å². The van der Waals surface area contributed by atoms with Crippen LogP contribution in [0.5, 0.6) is 0 Å². The first-order valence-corrected chi connectivity index (χ1v) is 7.02. The predicted molar refractivity (Wildman–Crippen MR) is 79.2 cm³/mol. The number of amidine groups is 1. The molecule has 0 aromatic heterocycles. The van der Waals surface area contributed by atoms with Crippen LogP contribution in [0.4, 0.5) is 5.69 Å². The van der Waals surface area contributed by atoms with Crippen molar-refractivity contribution in [3.05, 3.63) is 28.8 Å². The Kier molecular flexibility index (Phi) is 4.66. The number of nitrogens with two attached hydrogens (primary N) is 1. The number of nitrogens with zero attached hydrogens (tertiary/aromatic N) is 1. The third-order valence-corrected chi connectivity index (χ3v) is 3.90. The third kappa shape index (κ3) is 3.19. The Hall–Kier alpha value is -1.26. The van der Waals surface area contributed by atoms with Crippen LogP contribution in [0.1, 0.15) is 31.2 Å². The van der Waals surface area contributed by atoms with Gasteiger partial charge in [0, 0.05) is 28.9 Å². The molecule has 5 heteroatoms. The number of hydrogen-bond acceptors (Lipinski definition) is 3. The van der Waals surface area contributed by atoms with E-state index in [0.717, 1.165) is 18.5 Å². The van der Waals surface area contributed by atoms with Crippen LogP contribution < -0.4 is 10.6 Å². The number of nitrogen functional groups attached to an aromatic ring is 1. The number of aliphatic hydroxyl groups is 1. The minimum Gasteiger partial charge on any atom is -0.395 e. The fourth-order valence-electron chi connectivity index (χ4n) is 2.79. The summed E-state index contributed by atoms with van der Waals surface area (Å²) in [4.78, 5) is 2.15. The quantitative estimate of drug-likeness (QED) is 0.573. The van der Waals surface area contributed by atoms with Gasteiger partial charge in [0.2, 0.25) is 0 Å². The topological polar surface area (TPSA) is 73.3 Å². The number of aliphatic hydroxyl groups excluding tert-OH is 1. The van der Waals surface area contributed by atoms with E-state index in [1.165, 1.54) is 12.8 Å². The minimum atomic E-state index is 0.0348. The molecule has 0 saturated heterocycles. The molecule has 0 atom stereocenters. The number of benzene rings is 1. The van der Waals surface area contributed by atoms with Gasteiger partial charge in [-0.2, -0.15) is 0 Å². The van der Waals surface area contributed by atoms with Crippen LogP contribution in [-0.4, -0.2) is 30.1 Å². The molecule has 1 aliphatic carbocycles. The first-order chi connectivity index (χ1) is 9.13. The maximum Gasteiger partial charge on any atom is 0.124 e. The number of anilines is 1. The number of nitrogens with one attached hydrogen (secondary N) is 1. The molecule has 104 valence electrons. The molecule has 0 spiro atoms. The lowest BCUT2D eigenvalue weighted by atomic mass is 10.1. The number of hydrogen-bond donors (Lipinski definition) is 3. The molecule has 4 N–H and O–H groups in total. The van der Waals surface area contributed by atoms with Gasteiger partial charge in [0.05, 0.1) is 6.61 Å². The highest BCUT2D eigenvalue weighted by atomic mass is 35.5. The Labute approximate surface area is 118 Å². The van der Waals surface area contributed by atoms with Crippen molar-refractivity contribution in [3.63, 3.8) is 0 Å². The van der Waals surface area contributed by atoms with Gasteiger partial charge in [0.15, 0.2) is 0 Å². The van der Waals surface area contributed by atoms with Crippen molar-refractivity contribution in [1.82, 2.24) is 0 Å². The van der Waals surface area contributed by atoms with Gasteiger partial charge < -0.3 is 15.7 Å². The van der Waals surface area contributed by atoms with Crippen molar-refractivity contribution in [2.45, 2.75) is 31.7 Å². The highest BCUT2D eigenvalue weighted by Crippen LogP contribution is 2.32. The van der Waals surface area contributed by atoms with Crippen molar-refractivity contribution in [2.75, 3.05) is 18.1 Å². The van der Waals surface area contributed by atoms with Gasteiger partial charge in [0.25, 0.3) is 0 Å². The molecule has 0 bridgehead atoms. The van der Waals surface area contributed by atoms with Gasteiger partial charge >= 0.3 is 0 Å². The maximum atomic E-state index is 9.30. The fraction of sp³-hybridized carbons (Fsp3) is 0.500. The molecular weight excluding hydrogens is 262 g/mol. The summed E-state index contributed by atoms with van der Waals surface area (Å²) in [5, 5.41) is 17.6. The summed E-state index contributed by atoms with van der Waals surface area (Å²) >= 11 is 6.07. The first kappa shape index (κ1) is 14.2. The molecule has 0 amide bonds. The fourth-order valence-corrected chi connectivity index (χ4v) is 2.96. The highest BCUT2D eigenvalue weighted by Gasteiger charge is 2.24. The van der Waals surface area contributed by atoms with Crippen molar-refractivity contribution in [3.8, 4) is 0 Å². The maximum absolute atomic E-state index is 9.30. The molecule has 0 unspecified atom stereocenters. The van der Waals surface area contributed by atoms with E-state index in [2.05, 4.69) is 4.90 Å². The van der Waals surface area contributed by atoms with Crippen LogP contribution >= 0.6 is 11.6 Å². The molecule has 1 aliphatic rings. The molecule has 0 aliphatic heterocycles. The lowest BCUT2D eigenvalue weighted by Crippen LogP contribution is -2.37. The summed E-state index contributed by atoms with van der Waals surface area (Å²) in [7, 11) is 0. The second-order valence-corrected chi connectivity index (χ2v) is 5.37. The van der Waals surface area contributed by atoms with Gasteiger partial charge in [-0.1, -0.05) is 24.4 Å². The van der Waals surface area contributed by atoms with Gasteiger partial charge in [-0.05, 0) is 31.0 Å². The van der Waals surface area contributed by atoms with E-state index in [9.17, 15) is 5.11 Å². The summed E-state index contributed by atoms with van der Waals surface area (Å²) in [5.41, 5.74) is 7.20. The average molecular weight is 282 g/mol. The SMILES string of the molecule is N=C(N)c1ccc(Cl)cc1N(CCO)C1CCCC1. The van der Waals surface area contributed by atoms with Crippen molar-refractivity contribution >= 4 is 23.1 Å². The van der Waals surface area contributed by atoms with E-state index < -0.39 is 0 Å². The summed E-state index contributed by atoms with van der Waals surface area (Å²) in [6.07, 6.45) is 4.65. The van der Waals surface area contributed by atoms with Crippen LogP contribution in [0.3, 0.4) is 0 Å². The molecule has 2 rings (SSSR count). The Balaban J connectivity index is 2.39. The molecule has 1 aromatic carbocycles. The second-order valence-electron chi connectivity index (χ2n) is 4.93. The summed E-state index contributed by atoms with van der Waals surface area (Å²) in [5.74, 6) is 0.0348. The van der Waals surface area contributed by atoms with Gasteiger partial charge in [-0.15, -0.1) is 0 Å². The molecule has 0 radical (unpaired) electrons. The zero-order valence-electron chi connectivity index (χ0n) is 10.9. The summed E-state index contributed by atoms with van der Waals surface area (Å²) in [6, 6.07) is 5.77. The summed E-state index contributed by atoms with van der Waals surface area (Å²) < 4.78 is 0. The minimum absolute atomic E-state index is 0.0348. The Morgan fingerprint density at radius 3 is 2.68 bits per heavy atom. The van der Waals surface area contributed by atoms with Gasteiger partial charge in [-0.25, -0.2) is 0 Å². The number of rotatable bonds is 5. The standard InChI is InChI=1S/C14H20ClN3O/c15-10-5-6-12(14(16)17)13(9-10)18(7-8-19)11-3-1-2-4-11/h5-6,9,11,19H,1-4,7-8H2,(H3,16,17). The third-order valence-electron chi connectivity index (χ3n) is 3.67. The first-order valence-electron chi connectivity index (χ1n) is 6.65. The van der Waals surface area contributed by atoms with Crippen molar-refractivity contribution in [2.24, 2.45) is 5.73 Å². The molecule has 19 heavy (non-hydrogen) atoms. The molecular formula is C14H20ClN3O. The normalized spacial score (nSPS) is 15.7. The van der Waals surface area contributed by atoms with Crippen LogP contribution in [0.2, 0.25) is 5.02 Å². The van der Waals surface area contributed by atoms with Gasteiger partial charge in [-0.3, -0.25) is 5.41 Å². The average Bonchev–Trinajstić information content (AvgIpc) is 2.89. The van der Waals surface area contributed by atoms with E-state index in [0.29, 0.717) is 23.2 Å². The molecule has 1 aromatic rings. The van der Waals surface area contributed by atoms with Crippen LogP contribution in [0.25, 0.3) is 0 Å². The van der Waals surface area contributed by atoms with Gasteiger partial charge in [0.1, 0.15) is 5.84 Å². The molecule has 1 fully saturated rings. The van der Waals surface area contributed by atoms with Crippen molar-refractivity contribution in [1.29, 1.82) is 5.41 Å². The second kappa shape index (κ2) is 6.26. The van der Waals surface area contributed by atoms with Crippen molar-refractivity contribution < 1.29 is 5.11 Å². The smallest absolute Gasteiger partial charge is 0.124 e. The zero-order chi connectivity index (χ0) is 13.8. The van der Waals surface area contributed by atoms with E-state index >= 15 is 0 Å². The van der Waals surface area contributed by atoms with E-state index in [1.54, 1.807) is 12.1 Å².